The van der Waals surface area contributed by atoms with Crippen LogP contribution in [0.3, 0.4) is 0 Å². The Morgan fingerprint density at radius 1 is 1.05 bits per heavy atom. The predicted octanol–water partition coefficient (Wildman–Crippen LogP) is 5.06. The normalized spacial score (nSPS) is 27.3. The quantitative estimate of drug-likeness (QED) is 0.620. The minimum atomic E-state index is 0.435. The minimum Gasteiger partial charge on any atom is -0.381 e. The molecule has 0 saturated heterocycles. The van der Waals surface area contributed by atoms with Crippen molar-refractivity contribution in [1.82, 2.24) is 0 Å². The highest BCUT2D eigenvalue weighted by atomic mass is 16.5. The SMILES string of the molecule is CCC(CCC(C)C(C)(C)C1CCC(OC)CC1)OC. The maximum absolute atomic E-state index is 5.52. The lowest BCUT2D eigenvalue weighted by molar-refractivity contribution is 0.00879. The van der Waals surface area contributed by atoms with Crippen molar-refractivity contribution >= 4 is 0 Å². The standard InChI is InChI=1S/C18H36O2/c1-7-16(19-5)11-8-14(2)18(3,4)15-9-12-17(20-6)13-10-15/h14-17H,7-13H2,1-6H3. The molecule has 1 fully saturated rings. The lowest BCUT2D eigenvalue weighted by Crippen LogP contribution is -2.35. The molecule has 2 heteroatoms. The summed E-state index contributed by atoms with van der Waals surface area (Å²) in [6, 6.07) is 0. The number of rotatable bonds is 8. The Labute approximate surface area is 126 Å². The molecule has 0 aromatic heterocycles. The third-order valence-corrected chi connectivity index (χ3v) is 6.04. The number of methoxy groups -OCH3 is 2. The minimum absolute atomic E-state index is 0.435. The molecule has 0 amide bonds. The summed E-state index contributed by atoms with van der Waals surface area (Å²) in [5.41, 5.74) is 0.435. The van der Waals surface area contributed by atoms with Crippen molar-refractivity contribution in [3.63, 3.8) is 0 Å². The molecular formula is C18H36O2. The molecule has 0 aromatic carbocycles. The van der Waals surface area contributed by atoms with Gasteiger partial charge in [-0.05, 0) is 62.2 Å². The fourth-order valence-electron chi connectivity index (χ4n) is 3.74. The number of ether oxygens (including phenoxy) is 2. The summed E-state index contributed by atoms with van der Waals surface area (Å²) in [6.45, 7) is 9.60. The van der Waals surface area contributed by atoms with E-state index in [1.54, 1.807) is 0 Å². The Kier molecular flexibility index (Phi) is 7.53. The Balaban J connectivity index is 2.46. The first kappa shape index (κ1) is 18.0. The van der Waals surface area contributed by atoms with Crippen LogP contribution in [-0.4, -0.2) is 26.4 Å². The monoisotopic (exact) mass is 284 g/mol. The van der Waals surface area contributed by atoms with E-state index >= 15 is 0 Å². The van der Waals surface area contributed by atoms with Gasteiger partial charge >= 0.3 is 0 Å². The Morgan fingerprint density at radius 3 is 2.10 bits per heavy atom. The highest BCUT2D eigenvalue weighted by molar-refractivity contribution is 4.87. The molecule has 0 aromatic rings. The molecule has 0 bridgehead atoms. The average molecular weight is 284 g/mol. The van der Waals surface area contributed by atoms with Crippen molar-refractivity contribution in [2.75, 3.05) is 14.2 Å². The first-order chi connectivity index (χ1) is 9.45. The van der Waals surface area contributed by atoms with E-state index in [2.05, 4.69) is 27.7 Å². The maximum Gasteiger partial charge on any atom is 0.0571 e. The summed E-state index contributed by atoms with van der Waals surface area (Å²) in [5.74, 6) is 1.61. The Hall–Kier alpha value is -0.0800. The highest BCUT2D eigenvalue weighted by Gasteiger charge is 2.37. The van der Waals surface area contributed by atoms with Crippen molar-refractivity contribution in [2.24, 2.45) is 17.3 Å². The van der Waals surface area contributed by atoms with E-state index in [9.17, 15) is 0 Å². The van der Waals surface area contributed by atoms with Gasteiger partial charge in [0.05, 0.1) is 12.2 Å². The van der Waals surface area contributed by atoms with Crippen LogP contribution >= 0.6 is 0 Å². The number of hydrogen-bond acceptors (Lipinski definition) is 2. The second kappa shape index (κ2) is 8.38. The summed E-state index contributed by atoms with van der Waals surface area (Å²) >= 11 is 0. The van der Waals surface area contributed by atoms with Crippen LogP contribution in [0.5, 0.6) is 0 Å². The van der Waals surface area contributed by atoms with E-state index < -0.39 is 0 Å². The molecule has 1 saturated carbocycles. The fraction of sp³-hybridized carbons (Fsp3) is 1.00. The third-order valence-electron chi connectivity index (χ3n) is 6.04. The highest BCUT2D eigenvalue weighted by Crippen LogP contribution is 2.45. The van der Waals surface area contributed by atoms with Gasteiger partial charge in [-0.15, -0.1) is 0 Å². The van der Waals surface area contributed by atoms with Gasteiger partial charge in [-0.2, -0.15) is 0 Å². The third kappa shape index (κ3) is 4.73. The molecule has 120 valence electrons. The molecule has 0 spiro atoms. The molecule has 0 radical (unpaired) electrons. The lowest BCUT2D eigenvalue weighted by Gasteiger charge is -2.43. The largest absolute Gasteiger partial charge is 0.381 e. The summed E-state index contributed by atoms with van der Waals surface area (Å²) in [5, 5.41) is 0. The zero-order chi connectivity index (χ0) is 15.2. The summed E-state index contributed by atoms with van der Waals surface area (Å²) in [4.78, 5) is 0. The molecule has 1 aliphatic carbocycles. The summed E-state index contributed by atoms with van der Waals surface area (Å²) in [7, 11) is 3.70. The van der Waals surface area contributed by atoms with Gasteiger partial charge in [0.25, 0.3) is 0 Å². The van der Waals surface area contributed by atoms with E-state index in [1.165, 1.54) is 38.5 Å². The molecule has 1 rings (SSSR count). The molecule has 2 atom stereocenters. The smallest absolute Gasteiger partial charge is 0.0571 e. The van der Waals surface area contributed by atoms with Gasteiger partial charge < -0.3 is 9.47 Å². The van der Waals surface area contributed by atoms with Crippen LogP contribution in [0, 0.1) is 17.3 Å². The van der Waals surface area contributed by atoms with E-state index in [4.69, 9.17) is 9.47 Å². The van der Waals surface area contributed by atoms with Crippen molar-refractivity contribution < 1.29 is 9.47 Å². The topological polar surface area (TPSA) is 18.5 Å². The van der Waals surface area contributed by atoms with Crippen LogP contribution in [0.15, 0.2) is 0 Å². The van der Waals surface area contributed by atoms with Gasteiger partial charge in [-0.3, -0.25) is 0 Å². The van der Waals surface area contributed by atoms with Gasteiger partial charge in [0.15, 0.2) is 0 Å². The summed E-state index contributed by atoms with van der Waals surface area (Å²) in [6.07, 6.45) is 9.71. The molecule has 20 heavy (non-hydrogen) atoms. The van der Waals surface area contributed by atoms with Crippen LogP contribution in [0.2, 0.25) is 0 Å². The Bertz CT molecular complexity index is 250. The molecular weight excluding hydrogens is 248 g/mol. The second-order valence-electron chi connectivity index (χ2n) is 7.28. The maximum atomic E-state index is 5.52. The van der Waals surface area contributed by atoms with Crippen LogP contribution in [0.1, 0.15) is 72.6 Å². The zero-order valence-electron chi connectivity index (χ0n) is 14.6. The average Bonchev–Trinajstić information content (AvgIpc) is 2.48. The van der Waals surface area contributed by atoms with E-state index in [1.807, 2.05) is 14.2 Å². The molecule has 0 heterocycles. The van der Waals surface area contributed by atoms with Crippen molar-refractivity contribution in [3.8, 4) is 0 Å². The fourth-order valence-corrected chi connectivity index (χ4v) is 3.74. The molecule has 1 aliphatic rings. The lowest BCUT2D eigenvalue weighted by atomic mass is 9.63. The predicted molar refractivity (Wildman–Crippen MR) is 86.0 cm³/mol. The van der Waals surface area contributed by atoms with Gasteiger partial charge in [0.2, 0.25) is 0 Å². The second-order valence-corrected chi connectivity index (χ2v) is 7.28. The van der Waals surface area contributed by atoms with Gasteiger partial charge in [-0.1, -0.05) is 27.7 Å². The van der Waals surface area contributed by atoms with Crippen LogP contribution < -0.4 is 0 Å². The summed E-state index contributed by atoms with van der Waals surface area (Å²) < 4.78 is 11.0. The van der Waals surface area contributed by atoms with Gasteiger partial charge in [0, 0.05) is 14.2 Å². The first-order valence-corrected chi connectivity index (χ1v) is 8.51. The molecule has 2 nitrogen and oxygen atoms in total. The number of hydrogen-bond donors (Lipinski definition) is 0. The van der Waals surface area contributed by atoms with Crippen molar-refractivity contribution in [1.29, 1.82) is 0 Å². The van der Waals surface area contributed by atoms with Crippen molar-refractivity contribution in [2.45, 2.75) is 84.8 Å². The molecule has 2 unspecified atom stereocenters. The van der Waals surface area contributed by atoms with Crippen LogP contribution in [-0.2, 0) is 9.47 Å². The van der Waals surface area contributed by atoms with Gasteiger partial charge in [0.1, 0.15) is 0 Å². The van der Waals surface area contributed by atoms with Crippen molar-refractivity contribution in [3.05, 3.63) is 0 Å². The van der Waals surface area contributed by atoms with Crippen LogP contribution in [0.4, 0.5) is 0 Å². The van der Waals surface area contributed by atoms with E-state index in [0.29, 0.717) is 17.6 Å². The first-order valence-electron chi connectivity index (χ1n) is 8.51. The zero-order valence-corrected chi connectivity index (χ0v) is 14.6. The van der Waals surface area contributed by atoms with Gasteiger partial charge in [-0.25, -0.2) is 0 Å². The van der Waals surface area contributed by atoms with Crippen LogP contribution in [0.25, 0.3) is 0 Å². The molecule has 0 aliphatic heterocycles. The molecule has 0 N–H and O–H groups in total. The van der Waals surface area contributed by atoms with E-state index in [0.717, 1.165) is 18.3 Å². The van der Waals surface area contributed by atoms with E-state index in [-0.39, 0.29) is 0 Å². The Morgan fingerprint density at radius 2 is 1.65 bits per heavy atom.